The highest BCUT2D eigenvalue weighted by atomic mass is 35.5. The van der Waals surface area contributed by atoms with Crippen LogP contribution in [-0.2, 0) is 11.3 Å². The molecule has 3 heterocycles. The minimum absolute atomic E-state index is 0.0142. The van der Waals surface area contributed by atoms with Gasteiger partial charge in [-0.1, -0.05) is 29.8 Å². The first kappa shape index (κ1) is 22.9. The number of hydrogen-bond donors (Lipinski definition) is 1. The van der Waals surface area contributed by atoms with E-state index in [0.29, 0.717) is 27.8 Å². The lowest BCUT2D eigenvalue weighted by Gasteiger charge is -2.25. The quantitative estimate of drug-likeness (QED) is 0.412. The summed E-state index contributed by atoms with van der Waals surface area (Å²) in [6.07, 6.45) is 0. The van der Waals surface area contributed by atoms with Gasteiger partial charge in [-0.2, -0.15) is 0 Å². The number of ether oxygens (including phenoxy) is 3. The molecular formula is C27H19ClN2O7. The number of carbonyl (C=O) groups excluding carboxylic acids is 2. The van der Waals surface area contributed by atoms with Gasteiger partial charge in [-0.05, 0) is 53.6 Å². The minimum atomic E-state index is -0.738. The molecule has 2 amide bonds. The molecule has 37 heavy (non-hydrogen) atoms. The smallest absolute Gasteiger partial charge is 0.291 e. The van der Waals surface area contributed by atoms with Crippen LogP contribution in [0, 0.1) is 0 Å². The highest BCUT2D eigenvalue weighted by Gasteiger charge is 2.42. The van der Waals surface area contributed by atoms with Crippen molar-refractivity contribution in [3.05, 3.63) is 98.4 Å². The topological polar surface area (TPSA) is 121 Å². The molecule has 0 aliphatic carbocycles. The fraction of sp³-hybridized carbons (Fsp3) is 0.148. The lowest BCUT2D eigenvalue weighted by molar-refractivity contribution is -0.119. The highest BCUT2D eigenvalue weighted by molar-refractivity contribution is 6.31. The Balaban J connectivity index is 1.46. The van der Waals surface area contributed by atoms with E-state index in [4.69, 9.17) is 36.0 Å². The summed E-state index contributed by atoms with van der Waals surface area (Å²) in [6.45, 7) is 0.0463. The summed E-state index contributed by atoms with van der Waals surface area (Å²) in [5, 5.41) is 0.671. The number of carbonyl (C=O) groups is 2. The first-order chi connectivity index (χ1) is 17.9. The van der Waals surface area contributed by atoms with Gasteiger partial charge in [0.25, 0.3) is 11.8 Å². The summed E-state index contributed by atoms with van der Waals surface area (Å²) in [7, 11) is 0. The van der Waals surface area contributed by atoms with E-state index in [1.165, 1.54) is 6.07 Å². The lowest BCUT2D eigenvalue weighted by atomic mass is 9.98. The van der Waals surface area contributed by atoms with Crippen molar-refractivity contribution in [2.75, 3.05) is 13.4 Å². The summed E-state index contributed by atoms with van der Waals surface area (Å²) in [4.78, 5) is 40.0. The number of amides is 2. The van der Waals surface area contributed by atoms with Crippen LogP contribution in [0.25, 0.3) is 11.0 Å². The van der Waals surface area contributed by atoms with Crippen molar-refractivity contribution >= 4 is 34.4 Å². The molecule has 0 saturated carbocycles. The van der Waals surface area contributed by atoms with Crippen molar-refractivity contribution in [1.82, 2.24) is 4.90 Å². The van der Waals surface area contributed by atoms with Gasteiger partial charge >= 0.3 is 0 Å². The first-order valence-electron chi connectivity index (χ1n) is 11.4. The summed E-state index contributed by atoms with van der Waals surface area (Å²) < 4.78 is 22.2. The average Bonchev–Trinajstić information content (AvgIpc) is 3.46. The van der Waals surface area contributed by atoms with Crippen molar-refractivity contribution in [1.29, 1.82) is 0 Å². The molecule has 1 unspecified atom stereocenters. The number of fused-ring (bicyclic) bond motifs is 3. The summed E-state index contributed by atoms with van der Waals surface area (Å²) in [5.41, 5.74) is 6.78. The van der Waals surface area contributed by atoms with Crippen LogP contribution in [0.4, 0.5) is 0 Å². The summed E-state index contributed by atoms with van der Waals surface area (Å²) in [5.74, 6) is 0.607. The zero-order valence-electron chi connectivity index (χ0n) is 19.2. The van der Waals surface area contributed by atoms with E-state index in [1.807, 2.05) is 12.1 Å². The van der Waals surface area contributed by atoms with E-state index in [1.54, 1.807) is 47.4 Å². The Morgan fingerprint density at radius 3 is 2.59 bits per heavy atom. The van der Waals surface area contributed by atoms with Gasteiger partial charge in [0, 0.05) is 11.6 Å². The Kier molecular flexibility index (Phi) is 5.49. The fourth-order valence-electron chi connectivity index (χ4n) is 4.64. The number of nitrogens with two attached hydrogens (primary N) is 1. The Labute approximate surface area is 214 Å². The van der Waals surface area contributed by atoms with E-state index in [-0.39, 0.29) is 47.7 Å². The molecule has 10 heteroatoms. The third-order valence-corrected chi connectivity index (χ3v) is 6.53. The second-order valence-corrected chi connectivity index (χ2v) is 9.10. The molecule has 2 aliphatic heterocycles. The van der Waals surface area contributed by atoms with Gasteiger partial charge in [-0.15, -0.1) is 0 Å². The maximum Gasteiger partial charge on any atom is 0.291 e. The second-order valence-electron chi connectivity index (χ2n) is 8.66. The number of nitrogens with zero attached hydrogens (tertiary/aromatic N) is 1. The van der Waals surface area contributed by atoms with Gasteiger partial charge in [0.1, 0.15) is 11.3 Å². The molecule has 3 aromatic carbocycles. The molecule has 4 aromatic rings. The van der Waals surface area contributed by atoms with Crippen LogP contribution in [0.15, 0.2) is 69.9 Å². The van der Waals surface area contributed by atoms with E-state index < -0.39 is 17.9 Å². The molecule has 0 radical (unpaired) electrons. The number of hydrogen-bond acceptors (Lipinski definition) is 7. The van der Waals surface area contributed by atoms with Crippen molar-refractivity contribution in [2.45, 2.75) is 12.6 Å². The largest absolute Gasteiger partial charge is 0.484 e. The fourth-order valence-corrected chi connectivity index (χ4v) is 4.81. The lowest BCUT2D eigenvalue weighted by Crippen LogP contribution is -2.29. The Morgan fingerprint density at radius 2 is 1.81 bits per heavy atom. The standard InChI is InChI=1S/C27H19ClN2O7/c28-16-4-8-19-18(10-16)25(32)23-24(15-2-5-17(6-3-15)34-12-22(29)31)30(27(33)26(23)37-19)11-14-1-7-20-21(9-14)36-13-35-20/h1-10,24H,11-13H2,(H2,29,31). The van der Waals surface area contributed by atoms with Gasteiger partial charge < -0.3 is 29.3 Å². The van der Waals surface area contributed by atoms with Crippen LogP contribution in [0.2, 0.25) is 5.02 Å². The molecule has 1 aromatic heterocycles. The molecule has 1 atom stereocenters. The van der Waals surface area contributed by atoms with Crippen LogP contribution in [-0.4, -0.2) is 30.1 Å². The molecule has 6 rings (SSSR count). The third kappa shape index (κ3) is 4.03. The Hall–Kier alpha value is -4.50. The van der Waals surface area contributed by atoms with E-state index in [9.17, 15) is 14.4 Å². The number of primary amides is 1. The number of benzene rings is 3. The molecule has 2 aliphatic rings. The predicted molar refractivity (Wildman–Crippen MR) is 133 cm³/mol. The zero-order valence-corrected chi connectivity index (χ0v) is 20.0. The van der Waals surface area contributed by atoms with Gasteiger partial charge in [0.2, 0.25) is 12.6 Å². The van der Waals surface area contributed by atoms with Gasteiger partial charge in [0.15, 0.2) is 23.5 Å². The van der Waals surface area contributed by atoms with Gasteiger partial charge in [-0.25, -0.2) is 0 Å². The SMILES string of the molecule is NC(=O)COc1ccc(C2c3c(oc4ccc(Cl)cc4c3=O)C(=O)N2Cc2ccc3c(c2)OCO3)cc1. The van der Waals surface area contributed by atoms with Crippen LogP contribution < -0.4 is 25.4 Å². The van der Waals surface area contributed by atoms with Crippen molar-refractivity contribution in [3.8, 4) is 17.2 Å². The molecule has 0 saturated heterocycles. The molecule has 0 bridgehead atoms. The van der Waals surface area contributed by atoms with Gasteiger partial charge in [0.05, 0.1) is 17.0 Å². The molecule has 0 fully saturated rings. The maximum absolute atomic E-state index is 13.7. The second kappa shape index (κ2) is 8.86. The molecule has 0 spiro atoms. The van der Waals surface area contributed by atoms with E-state index in [0.717, 1.165) is 5.56 Å². The van der Waals surface area contributed by atoms with Crippen molar-refractivity contribution < 1.29 is 28.2 Å². The van der Waals surface area contributed by atoms with Crippen molar-refractivity contribution in [3.63, 3.8) is 0 Å². The zero-order chi connectivity index (χ0) is 25.7. The maximum atomic E-state index is 13.7. The monoisotopic (exact) mass is 518 g/mol. The molecule has 9 nitrogen and oxygen atoms in total. The number of rotatable bonds is 6. The third-order valence-electron chi connectivity index (χ3n) is 6.29. The van der Waals surface area contributed by atoms with Crippen LogP contribution in [0.1, 0.15) is 33.3 Å². The van der Waals surface area contributed by atoms with Gasteiger partial charge in [-0.3, -0.25) is 14.4 Å². The predicted octanol–water partition coefficient (Wildman–Crippen LogP) is 3.78. The highest BCUT2D eigenvalue weighted by Crippen LogP contribution is 2.41. The first-order valence-corrected chi connectivity index (χ1v) is 11.7. The van der Waals surface area contributed by atoms with E-state index >= 15 is 0 Å². The van der Waals surface area contributed by atoms with Crippen molar-refractivity contribution in [2.24, 2.45) is 5.73 Å². The van der Waals surface area contributed by atoms with Crippen LogP contribution >= 0.6 is 11.6 Å². The normalized spacial score (nSPS) is 15.8. The number of halogens is 1. The van der Waals surface area contributed by atoms with E-state index in [2.05, 4.69) is 0 Å². The average molecular weight is 519 g/mol. The minimum Gasteiger partial charge on any atom is -0.484 e. The van der Waals surface area contributed by atoms with Crippen LogP contribution in [0.5, 0.6) is 17.2 Å². The van der Waals surface area contributed by atoms with Crippen LogP contribution in [0.3, 0.4) is 0 Å². The summed E-state index contributed by atoms with van der Waals surface area (Å²) >= 11 is 6.15. The molecular weight excluding hydrogens is 500 g/mol. The Bertz CT molecular complexity index is 1630. The molecule has 186 valence electrons. The Morgan fingerprint density at radius 1 is 1.03 bits per heavy atom. The summed E-state index contributed by atoms with van der Waals surface area (Å²) in [6, 6.07) is 16.2. The molecule has 2 N–H and O–H groups in total.